The molecule has 0 heterocycles. The second-order valence-electron chi connectivity index (χ2n) is 6.62. The molecule has 0 aromatic heterocycles. The number of anilines is 1. The van der Waals surface area contributed by atoms with Gasteiger partial charge in [0, 0.05) is 6.04 Å². The molecule has 21 heavy (non-hydrogen) atoms. The van der Waals surface area contributed by atoms with Crippen LogP contribution >= 0.6 is 0 Å². The molecule has 1 saturated carbocycles. The minimum absolute atomic E-state index is 0.519. The lowest BCUT2D eigenvalue weighted by atomic mass is 10.1. The molecular weight excluding hydrogens is 260 g/mol. The van der Waals surface area contributed by atoms with Crippen molar-refractivity contribution in [3.8, 4) is 5.75 Å². The summed E-state index contributed by atoms with van der Waals surface area (Å²) in [5.74, 6) is 1.34. The maximum Gasteiger partial charge on any atom is 0.142 e. The van der Waals surface area contributed by atoms with E-state index in [1.54, 1.807) is 0 Å². The van der Waals surface area contributed by atoms with Crippen LogP contribution < -0.4 is 15.8 Å². The Balaban J connectivity index is 1.71. The standard InChI is InChI=1S/C18H30N2O/c1-14(2)13-21-18-10-9-15(12-17(18)19)6-5-11-20-16-7-3-4-8-16/h9-10,12,14,16,20H,3-8,11,13,19H2,1-2H3. The van der Waals surface area contributed by atoms with Crippen molar-refractivity contribution in [1.29, 1.82) is 0 Å². The van der Waals surface area contributed by atoms with Gasteiger partial charge in [-0.2, -0.15) is 0 Å². The molecule has 0 atom stereocenters. The van der Waals surface area contributed by atoms with Crippen molar-refractivity contribution in [3.05, 3.63) is 23.8 Å². The van der Waals surface area contributed by atoms with Crippen LogP contribution in [-0.4, -0.2) is 19.2 Å². The van der Waals surface area contributed by atoms with Gasteiger partial charge in [0.05, 0.1) is 12.3 Å². The summed E-state index contributed by atoms with van der Waals surface area (Å²) in [7, 11) is 0. The molecule has 3 heteroatoms. The number of hydrogen-bond acceptors (Lipinski definition) is 3. The predicted octanol–water partition coefficient (Wildman–Crippen LogP) is 3.77. The Labute approximate surface area is 129 Å². The van der Waals surface area contributed by atoms with E-state index in [4.69, 9.17) is 10.5 Å². The van der Waals surface area contributed by atoms with Gasteiger partial charge in [0.2, 0.25) is 0 Å². The Morgan fingerprint density at radius 3 is 2.71 bits per heavy atom. The SMILES string of the molecule is CC(C)COc1ccc(CCCNC2CCCC2)cc1N. The molecule has 0 radical (unpaired) electrons. The Hall–Kier alpha value is -1.22. The van der Waals surface area contributed by atoms with E-state index < -0.39 is 0 Å². The first kappa shape index (κ1) is 16.2. The summed E-state index contributed by atoms with van der Waals surface area (Å²) in [5.41, 5.74) is 8.14. The number of hydrogen-bond donors (Lipinski definition) is 2. The fourth-order valence-corrected chi connectivity index (χ4v) is 2.87. The Bertz CT molecular complexity index is 425. The Morgan fingerprint density at radius 1 is 1.29 bits per heavy atom. The van der Waals surface area contributed by atoms with Gasteiger partial charge in [-0.15, -0.1) is 0 Å². The topological polar surface area (TPSA) is 47.3 Å². The summed E-state index contributed by atoms with van der Waals surface area (Å²) in [6.07, 6.45) is 7.75. The van der Waals surface area contributed by atoms with Gasteiger partial charge in [0.15, 0.2) is 0 Å². The van der Waals surface area contributed by atoms with E-state index >= 15 is 0 Å². The van der Waals surface area contributed by atoms with Gasteiger partial charge in [-0.1, -0.05) is 32.8 Å². The molecule has 118 valence electrons. The summed E-state index contributed by atoms with van der Waals surface area (Å²) in [4.78, 5) is 0. The van der Waals surface area contributed by atoms with E-state index in [0.717, 1.165) is 37.1 Å². The van der Waals surface area contributed by atoms with Crippen LogP contribution in [0.15, 0.2) is 18.2 Å². The predicted molar refractivity (Wildman–Crippen MR) is 89.8 cm³/mol. The number of benzene rings is 1. The molecule has 1 aromatic carbocycles. The second kappa shape index (κ2) is 8.28. The zero-order valence-electron chi connectivity index (χ0n) is 13.5. The van der Waals surface area contributed by atoms with Gasteiger partial charge in [-0.25, -0.2) is 0 Å². The van der Waals surface area contributed by atoms with E-state index in [-0.39, 0.29) is 0 Å². The lowest BCUT2D eigenvalue weighted by Crippen LogP contribution is -2.27. The van der Waals surface area contributed by atoms with Crippen molar-refractivity contribution in [1.82, 2.24) is 5.32 Å². The van der Waals surface area contributed by atoms with E-state index in [1.165, 1.54) is 37.7 Å². The lowest BCUT2D eigenvalue weighted by molar-refractivity contribution is 0.272. The average molecular weight is 290 g/mol. The highest BCUT2D eigenvalue weighted by Gasteiger charge is 2.13. The van der Waals surface area contributed by atoms with E-state index in [9.17, 15) is 0 Å². The molecule has 1 aromatic rings. The van der Waals surface area contributed by atoms with Crippen molar-refractivity contribution < 1.29 is 4.74 Å². The molecule has 1 aliphatic rings. The van der Waals surface area contributed by atoms with Gasteiger partial charge >= 0.3 is 0 Å². The van der Waals surface area contributed by atoms with Crippen molar-refractivity contribution in [2.75, 3.05) is 18.9 Å². The average Bonchev–Trinajstić information content (AvgIpc) is 2.95. The minimum atomic E-state index is 0.519. The number of rotatable bonds is 8. The van der Waals surface area contributed by atoms with Crippen LogP contribution in [0.3, 0.4) is 0 Å². The molecular formula is C18H30N2O. The number of nitrogen functional groups attached to an aromatic ring is 1. The van der Waals surface area contributed by atoms with E-state index in [1.807, 2.05) is 6.07 Å². The van der Waals surface area contributed by atoms with Crippen LogP contribution in [0.5, 0.6) is 5.75 Å². The fourth-order valence-electron chi connectivity index (χ4n) is 2.87. The first-order chi connectivity index (χ1) is 10.1. The third kappa shape index (κ3) is 5.58. The molecule has 0 bridgehead atoms. The monoisotopic (exact) mass is 290 g/mol. The smallest absolute Gasteiger partial charge is 0.142 e. The molecule has 3 nitrogen and oxygen atoms in total. The van der Waals surface area contributed by atoms with Gasteiger partial charge in [0.25, 0.3) is 0 Å². The van der Waals surface area contributed by atoms with Crippen molar-refractivity contribution in [2.24, 2.45) is 5.92 Å². The van der Waals surface area contributed by atoms with Crippen LogP contribution in [-0.2, 0) is 6.42 Å². The molecule has 0 spiro atoms. The highest BCUT2D eigenvalue weighted by atomic mass is 16.5. The lowest BCUT2D eigenvalue weighted by Gasteiger charge is -2.13. The van der Waals surface area contributed by atoms with Crippen LogP contribution in [0.1, 0.15) is 51.5 Å². The van der Waals surface area contributed by atoms with Crippen molar-refractivity contribution >= 4 is 5.69 Å². The molecule has 1 aliphatic carbocycles. The van der Waals surface area contributed by atoms with Crippen LogP contribution in [0, 0.1) is 5.92 Å². The quantitative estimate of drug-likeness (QED) is 0.566. The molecule has 2 rings (SSSR count). The van der Waals surface area contributed by atoms with E-state index in [0.29, 0.717) is 5.92 Å². The number of aryl methyl sites for hydroxylation is 1. The molecule has 0 unspecified atom stereocenters. The summed E-state index contributed by atoms with van der Waals surface area (Å²) >= 11 is 0. The number of nitrogens with two attached hydrogens (primary N) is 1. The van der Waals surface area contributed by atoms with Gasteiger partial charge < -0.3 is 15.8 Å². The summed E-state index contributed by atoms with van der Waals surface area (Å²) in [6.45, 7) is 6.11. The van der Waals surface area contributed by atoms with Crippen LogP contribution in [0.25, 0.3) is 0 Å². The summed E-state index contributed by atoms with van der Waals surface area (Å²) < 4.78 is 5.71. The molecule has 0 saturated heterocycles. The second-order valence-corrected chi connectivity index (χ2v) is 6.62. The molecule has 0 amide bonds. The van der Waals surface area contributed by atoms with Gasteiger partial charge in [-0.3, -0.25) is 0 Å². The first-order valence-corrected chi connectivity index (χ1v) is 8.39. The van der Waals surface area contributed by atoms with Crippen molar-refractivity contribution in [2.45, 2.75) is 58.4 Å². The maximum atomic E-state index is 6.07. The van der Waals surface area contributed by atoms with Crippen LogP contribution in [0.4, 0.5) is 5.69 Å². The van der Waals surface area contributed by atoms with Crippen molar-refractivity contribution in [3.63, 3.8) is 0 Å². The third-order valence-electron chi connectivity index (χ3n) is 4.08. The highest BCUT2D eigenvalue weighted by Crippen LogP contribution is 2.24. The van der Waals surface area contributed by atoms with Crippen LogP contribution in [0.2, 0.25) is 0 Å². The molecule has 3 N–H and O–H groups in total. The maximum absolute atomic E-state index is 6.07. The third-order valence-corrected chi connectivity index (χ3v) is 4.08. The van der Waals surface area contributed by atoms with E-state index in [2.05, 4.69) is 31.3 Å². The molecule has 0 aliphatic heterocycles. The molecule has 1 fully saturated rings. The van der Waals surface area contributed by atoms with Gasteiger partial charge in [0.1, 0.15) is 5.75 Å². The number of nitrogens with one attached hydrogen (secondary N) is 1. The normalized spacial score (nSPS) is 15.8. The first-order valence-electron chi connectivity index (χ1n) is 8.39. The summed E-state index contributed by atoms with van der Waals surface area (Å²) in [5, 5.41) is 3.65. The largest absolute Gasteiger partial charge is 0.491 e. The Kier molecular flexibility index (Phi) is 6.37. The summed E-state index contributed by atoms with van der Waals surface area (Å²) in [6, 6.07) is 6.98. The minimum Gasteiger partial charge on any atom is -0.491 e. The zero-order valence-corrected chi connectivity index (χ0v) is 13.5. The van der Waals surface area contributed by atoms with Gasteiger partial charge in [-0.05, 0) is 55.8 Å². The number of ether oxygens (including phenoxy) is 1. The zero-order chi connectivity index (χ0) is 15.1. The Morgan fingerprint density at radius 2 is 2.05 bits per heavy atom. The fraction of sp³-hybridized carbons (Fsp3) is 0.667. The highest BCUT2D eigenvalue weighted by molar-refractivity contribution is 5.54.